The summed E-state index contributed by atoms with van der Waals surface area (Å²) in [5, 5.41) is 4.14. The standard InChI is InChI=1S/C16H22N2O2/c1-4-18(5-2)11-10-15-12-16(17-20-15)13-6-8-14(19-3)9-7-13/h6-9,12H,4-5,10-11H2,1-3H3. The molecule has 1 heterocycles. The summed E-state index contributed by atoms with van der Waals surface area (Å²) in [5.41, 5.74) is 1.92. The van der Waals surface area contributed by atoms with Crippen molar-refractivity contribution in [2.24, 2.45) is 0 Å². The highest BCUT2D eigenvalue weighted by Gasteiger charge is 2.08. The zero-order valence-electron chi connectivity index (χ0n) is 12.4. The van der Waals surface area contributed by atoms with Gasteiger partial charge in [-0.15, -0.1) is 0 Å². The molecule has 0 spiro atoms. The Kier molecular flexibility index (Phi) is 5.18. The topological polar surface area (TPSA) is 38.5 Å². The molecule has 1 aromatic heterocycles. The molecule has 0 fully saturated rings. The Balaban J connectivity index is 2.00. The maximum Gasteiger partial charge on any atom is 0.138 e. The first kappa shape index (κ1) is 14.6. The molecular formula is C16H22N2O2. The molecular weight excluding hydrogens is 252 g/mol. The Morgan fingerprint density at radius 1 is 1.15 bits per heavy atom. The van der Waals surface area contributed by atoms with E-state index in [9.17, 15) is 0 Å². The van der Waals surface area contributed by atoms with E-state index in [-0.39, 0.29) is 0 Å². The molecule has 0 bridgehead atoms. The number of hydrogen-bond acceptors (Lipinski definition) is 4. The maximum atomic E-state index is 5.41. The normalized spacial score (nSPS) is 11.0. The zero-order valence-corrected chi connectivity index (χ0v) is 12.4. The van der Waals surface area contributed by atoms with Gasteiger partial charge in [0.05, 0.1) is 7.11 Å². The van der Waals surface area contributed by atoms with Crippen LogP contribution in [0.25, 0.3) is 11.3 Å². The number of aromatic nitrogens is 1. The molecule has 4 nitrogen and oxygen atoms in total. The first-order valence-corrected chi connectivity index (χ1v) is 7.09. The molecule has 0 atom stereocenters. The first-order valence-electron chi connectivity index (χ1n) is 7.09. The number of hydrogen-bond donors (Lipinski definition) is 0. The second-order valence-corrected chi connectivity index (χ2v) is 4.68. The predicted octanol–water partition coefficient (Wildman–Crippen LogP) is 3.23. The van der Waals surface area contributed by atoms with Crippen LogP contribution in [0.3, 0.4) is 0 Å². The number of likely N-dealkylation sites (N-methyl/N-ethyl adjacent to an activating group) is 1. The van der Waals surface area contributed by atoms with E-state index in [4.69, 9.17) is 9.26 Å². The van der Waals surface area contributed by atoms with E-state index in [0.29, 0.717) is 0 Å². The van der Waals surface area contributed by atoms with Gasteiger partial charge in [0.15, 0.2) is 0 Å². The molecule has 0 aliphatic carbocycles. The van der Waals surface area contributed by atoms with Gasteiger partial charge < -0.3 is 14.2 Å². The molecule has 1 aromatic carbocycles. The molecule has 4 heteroatoms. The molecule has 0 aliphatic rings. The third-order valence-electron chi connectivity index (χ3n) is 3.51. The maximum absolute atomic E-state index is 5.41. The van der Waals surface area contributed by atoms with Crippen LogP contribution in [0.5, 0.6) is 5.75 Å². The highest BCUT2D eigenvalue weighted by molar-refractivity contribution is 5.59. The third-order valence-corrected chi connectivity index (χ3v) is 3.51. The highest BCUT2D eigenvalue weighted by atomic mass is 16.5. The van der Waals surface area contributed by atoms with E-state index in [1.165, 1.54) is 0 Å². The quantitative estimate of drug-likeness (QED) is 0.777. The van der Waals surface area contributed by atoms with Gasteiger partial charge in [-0.25, -0.2) is 0 Å². The highest BCUT2D eigenvalue weighted by Crippen LogP contribution is 2.22. The molecule has 0 unspecified atom stereocenters. The molecule has 0 amide bonds. The fraction of sp³-hybridized carbons (Fsp3) is 0.438. The van der Waals surface area contributed by atoms with Crippen molar-refractivity contribution >= 4 is 0 Å². The minimum atomic E-state index is 0.846. The van der Waals surface area contributed by atoms with Crippen LogP contribution < -0.4 is 4.74 Å². The summed E-state index contributed by atoms with van der Waals surface area (Å²) in [6.45, 7) is 7.48. The van der Waals surface area contributed by atoms with E-state index in [0.717, 1.165) is 48.8 Å². The van der Waals surface area contributed by atoms with Gasteiger partial charge in [0, 0.05) is 24.6 Å². The summed E-state index contributed by atoms with van der Waals surface area (Å²) >= 11 is 0. The van der Waals surface area contributed by atoms with Crippen LogP contribution in [-0.2, 0) is 6.42 Å². The van der Waals surface area contributed by atoms with Gasteiger partial charge in [0.2, 0.25) is 0 Å². The minimum absolute atomic E-state index is 0.846. The smallest absolute Gasteiger partial charge is 0.138 e. The molecule has 2 aromatic rings. The average Bonchev–Trinajstić information content (AvgIpc) is 2.97. The lowest BCUT2D eigenvalue weighted by molar-refractivity contribution is 0.290. The summed E-state index contributed by atoms with van der Waals surface area (Å²) in [4.78, 5) is 2.37. The van der Waals surface area contributed by atoms with Crippen LogP contribution in [0, 0.1) is 0 Å². The lowest BCUT2D eigenvalue weighted by atomic mass is 10.1. The summed E-state index contributed by atoms with van der Waals surface area (Å²) in [6, 6.07) is 9.86. The average molecular weight is 274 g/mol. The van der Waals surface area contributed by atoms with Crippen molar-refractivity contribution in [3.8, 4) is 17.0 Å². The van der Waals surface area contributed by atoms with Crippen LogP contribution in [0.4, 0.5) is 0 Å². The first-order chi connectivity index (χ1) is 9.76. The largest absolute Gasteiger partial charge is 0.497 e. The van der Waals surface area contributed by atoms with Gasteiger partial charge in [-0.3, -0.25) is 0 Å². The van der Waals surface area contributed by atoms with Gasteiger partial charge in [0.25, 0.3) is 0 Å². The summed E-state index contributed by atoms with van der Waals surface area (Å²) in [5.74, 6) is 1.78. The van der Waals surface area contributed by atoms with E-state index < -0.39 is 0 Å². The molecule has 20 heavy (non-hydrogen) atoms. The Labute approximate surface area is 120 Å². The molecule has 0 radical (unpaired) electrons. The predicted molar refractivity (Wildman–Crippen MR) is 80.0 cm³/mol. The lowest BCUT2D eigenvalue weighted by Gasteiger charge is -2.16. The second-order valence-electron chi connectivity index (χ2n) is 4.68. The Morgan fingerprint density at radius 3 is 2.45 bits per heavy atom. The fourth-order valence-corrected chi connectivity index (χ4v) is 2.14. The second kappa shape index (κ2) is 7.10. The van der Waals surface area contributed by atoms with Gasteiger partial charge >= 0.3 is 0 Å². The molecule has 0 saturated carbocycles. The Hall–Kier alpha value is -1.81. The Morgan fingerprint density at radius 2 is 1.85 bits per heavy atom. The van der Waals surface area contributed by atoms with Crippen molar-refractivity contribution in [2.75, 3.05) is 26.7 Å². The molecule has 0 N–H and O–H groups in total. The zero-order chi connectivity index (χ0) is 14.4. The van der Waals surface area contributed by atoms with Crippen LogP contribution in [0.2, 0.25) is 0 Å². The van der Waals surface area contributed by atoms with Crippen LogP contribution in [0.15, 0.2) is 34.9 Å². The van der Waals surface area contributed by atoms with Gasteiger partial charge in [-0.05, 0) is 37.4 Å². The number of nitrogens with zero attached hydrogens (tertiary/aromatic N) is 2. The van der Waals surface area contributed by atoms with Crippen molar-refractivity contribution in [3.05, 3.63) is 36.1 Å². The lowest BCUT2D eigenvalue weighted by Crippen LogP contribution is -2.25. The molecule has 0 aliphatic heterocycles. The number of ether oxygens (including phenoxy) is 1. The molecule has 108 valence electrons. The third kappa shape index (κ3) is 3.61. The monoisotopic (exact) mass is 274 g/mol. The summed E-state index contributed by atoms with van der Waals surface area (Å²) in [6.07, 6.45) is 0.894. The fourth-order valence-electron chi connectivity index (χ4n) is 2.14. The van der Waals surface area contributed by atoms with Crippen molar-refractivity contribution in [1.29, 1.82) is 0 Å². The SMILES string of the molecule is CCN(CC)CCc1cc(-c2ccc(OC)cc2)no1. The van der Waals surface area contributed by atoms with Gasteiger partial charge in [-0.2, -0.15) is 0 Å². The van der Waals surface area contributed by atoms with Crippen molar-refractivity contribution in [2.45, 2.75) is 20.3 Å². The van der Waals surface area contributed by atoms with Gasteiger partial charge in [-0.1, -0.05) is 19.0 Å². The summed E-state index contributed by atoms with van der Waals surface area (Å²) < 4.78 is 10.6. The molecule has 0 saturated heterocycles. The summed E-state index contributed by atoms with van der Waals surface area (Å²) in [7, 11) is 1.66. The van der Waals surface area contributed by atoms with Crippen molar-refractivity contribution < 1.29 is 9.26 Å². The molecule has 2 rings (SSSR count). The van der Waals surface area contributed by atoms with Crippen molar-refractivity contribution in [3.63, 3.8) is 0 Å². The van der Waals surface area contributed by atoms with Crippen LogP contribution in [-0.4, -0.2) is 36.8 Å². The van der Waals surface area contributed by atoms with E-state index in [1.54, 1.807) is 7.11 Å². The van der Waals surface area contributed by atoms with E-state index >= 15 is 0 Å². The minimum Gasteiger partial charge on any atom is -0.497 e. The van der Waals surface area contributed by atoms with E-state index in [1.807, 2.05) is 30.3 Å². The van der Waals surface area contributed by atoms with Crippen molar-refractivity contribution in [1.82, 2.24) is 10.1 Å². The van der Waals surface area contributed by atoms with Gasteiger partial charge in [0.1, 0.15) is 17.2 Å². The number of benzene rings is 1. The van der Waals surface area contributed by atoms with E-state index in [2.05, 4.69) is 23.9 Å². The number of rotatable bonds is 7. The van der Waals surface area contributed by atoms with Crippen LogP contribution in [0.1, 0.15) is 19.6 Å². The Bertz CT molecular complexity index is 516. The van der Waals surface area contributed by atoms with Crippen LogP contribution >= 0.6 is 0 Å². The number of methoxy groups -OCH3 is 1.